The standard InChI is InChI=1S/C31H46N4O5S2.K/c1-2-3-4-5-6-7-8-9-10-11-12-13-14-21-26-40-35-31(34(32-33-35)28-24-19-16-20-25-28)41-30(42(37,38)39)29(36)27-22-17-15-18-23-27;/h15-20,22-25,30-31H,2-14,21,26H2,1H3,(H,37,38,39);/q;+1/p-1. The molecule has 232 valence electrons. The van der Waals surface area contributed by atoms with E-state index in [0.29, 0.717) is 24.1 Å². The van der Waals surface area contributed by atoms with Crippen LogP contribution in [0.25, 0.3) is 0 Å². The first-order valence-electron chi connectivity index (χ1n) is 15.3. The van der Waals surface area contributed by atoms with Crippen LogP contribution >= 0.6 is 11.8 Å². The summed E-state index contributed by atoms with van der Waals surface area (Å²) >= 11 is 0.650. The van der Waals surface area contributed by atoms with E-state index < -0.39 is 26.0 Å². The van der Waals surface area contributed by atoms with Gasteiger partial charge in [-0.2, -0.15) is 0 Å². The summed E-state index contributed by atoms with van der Waals surface area (Å²) in [5.41, 5.74) is -0.196. The van der Waals surface area contributed by atoms with Gasteiger partial charge in [0.1, 0.15) is 10.1 Å². The second-order valence-corrected chi connectivity index (χ2v) is 13.5. The van der Waals surface area contributed by atoms with E-state index in [-0.39, 0.29) is 56.9 Å². The number of rotatable bonds is 22. The van der Waals surface area contributed by atoms with Crippen molar-refractivity contribution in [1.82, 2.24) is 5.17 Å². The van der Waals surface area contributed by atoms with Gasteiger partial charge in [-0.3, -0.25) is 9.63 Å². The molecule has 2 aromatic carbocycles. The number of hydroxylamine groups is 1. The molecule has 1 aliphatic heterocycles. The van der Waals surface area contributed by atoms with E-state index in [1.54, 1.807) is 30.3 Å². The number of carbonyl (C=O) groups excluding carboxylic acids is 1. The normalized spacial score (nSPS) is 15.4. The number of unbranched alkanes of at least 4 members (excludes halogenated alkanes) is 13. The van der Waals surface area contributed by atoms with Crippen LogP contribution in [0, 0.1) is 0 Å². The van der Waals surface area contributed by atoms with Gasteiger partial charge in [0.25, 0.3) is 0 Å². The average Bonchev–Trinajstić information content (AvgIpc) is 3.40. The van der Waals surface area contributed by atoms with Crippen molar-refractivity contribution in [1.29, 1.82) is 0 Å². The van der Waals surface area contributed by atoms with E-state index in [1.165, 1.54) is 92.9 Å². The molecule has 1 aliphatic rings. The summed E-state index contributed by atoms with van der Waals surface area (Å²) in [6, 6.07) is 16.9. The zero-order valence-electron chi connectivity index (χ0n) is 25.7. The molecule has 0 spiro atoms. The number of ketones is 1. The Labute approximate surface area is 304 Å². The van der Waals surface area contributed by atoms with E-state index in [1.807, 2.05) is 18.2 Å². The van der Waals surface area contributed by atoms with Crippen LogP contribution in [0.1, 0.15) is 107 Å². The van der Waals surface area contributed by atoms with Gasteiger partial charge in [0, 0.05) is 5.56 Å². The SMILES string of the molecule is CCCCCCCCCCCCCCCCON1N=NN(c2ccccc2)C1SC(C(=O)c1ccccc1)S(=O)(=O)[O-].[K+]. The van der Waals surface area contributed by atoms with E-state index >= 15 is 0 Å². The molecule has 2 unspecified atom stereocenters. The van der Waals surface area contributed by atoms with E-state index in [0.717, 1.165) is 19.3 Å². The first-order chi connectivity index (χ1) is 20.4. The summed E-state index contributed by atoms with van der Waals surface area (Å²) in [4.78, 5) is 19.0. The van der Waals surface area contributed by atoms with E-state index in [9.17, 15) is 17.8 Å². The predicted octanol–water partition coefficient (Wildman–Crippen LogP) is 5.28. The van der Waals surface area contributed by atoms with Gasteiger partial charge < -0.3 is 4.55 Å². The zero-order chi connectivity index (χ0) is 30.0. The third-order valence-corrected chi connectivity index (χ3v) is 10.0. The van der Waals surface area contributed by atoms with Gasteiger partial charge in [-0.1, -0.05) is 151 Å². The van der Waals surface area contributed by atoms with E-state index in [4.69, 9.17) is 4.84 Å². The van der Waals surface area contributed by atoms with Gasteiger partial charge in [0.05, 0.1) is 12.3 Å². The molecule has 9 nitrogen and oxygen atoms in total. The smallest absolute Gasteiger partial charge is 0.747 e. The number of anilines is 1. The van der Waals surface area contributed by atoms with E-state index in [2.05, 4.69) is 17.4 Å². The Bertz CT molecular complexity index is 1180. The zero-order valence-corrected chi connectivity index (χ0v) is 30.4. The summed E-state index contributed by atoms with van der Waals surface area (Å²) in [5, 5.41) is 10.9. The van der Waals surface area contributed by atoms with Gasteiger partial charge in [0.15, 0.2) is 10.4 Å². The minimum atomic E-state index is -5.01. The van der Waals surface area contributed by atoms with Crippen LogP contribution in [-0.2, 0) is 15.0 Å². The van der Waals surface area contributed by atoms with Crippen molar-refractivity contribution in [3.05, 3.63) is 66.2 Å². The fourth-order valence-electron chi connectivity index (χ4n) is 4.79. The van der Waals surface area contributed by atoms with Crippen LogP contribution in [-0.4, -0.2) is 40.6 Å². The van der Waals surface area contributed by atoms with Gasteiger partial charge in [-0.15, -0.1) is 5.17 Å². The van der Waals surface area contributed by atoms with Gasteiger partial charge in [-0.25, -0.2) is 13.4 Å². The molecule has 0 fully saturated rings. The molecule has 0 amide bonds. The Morgan fingerprint density at radius 3 is 1.81 bits per heavy atom. The Morgan fingerprint density at radius 1 is 0.814 bits per heavy atom. The molecule has 2 aromatic rings. The first-order valence-corrected chi connectivity index (χ1v) is 17.7. The fourth-order valence-corrected chi connectivity index (χ4v) is 7.00. The monoisotopic (exact) mass is 656 g/mol. The number of thioether (sulfide) groups is 1. The van der Waals surface area contributed by atoms with Crippen LogP contribution in [0.3, 0.4) is 0 Å². The molecule has 12 heteroatoms. The molecule has 0 N–H and O–H groups in total. The number of carbonyl (C=O) groups is 1. The molecule has 0 saturated heterocycles. The summed E-state index contributed by atoms with van der Waals surface area (Å²) in [6.07, 6.45) is 17.5. The Balaban J connectivity index is 0.00000645. The van der Waals surface area contributed by atoms with Crippen LogP contribution < -0.4 is 56.4 Å². The van der Waals surface area contributed by atoms with Crippen molar-refractivity contribution in [2.45, 2.75) is 107 Å². The molecule has 2 atom stereocenters. The Hall–Kier alpha value is -0.834. The number of hydrogen-bond acceptors (Lipinski definition) is 10. The molecule has 0 saturated carbocycles. The number of benzene rings is 2. The maximum Gasteiger partial charge on any atom is 1.00 e. The molecular weight excluding hydrogens is 612 g/mol. The molecule has 0 aliphatic carbocycles. The van der Waals surface area contributed by atoms with Gasteiger partial charge in [-0.05, 0) is 29.0 Å². The molecule has 43 heavy (non-hydrogen) atoms. The first kappa shape index (κ1) is 38.3. The third kappa shape index (κ3) is 14.0. The summed E-state index contributed by atoms with van der Waals surface area (Å²) in [5.74, 6) is -0.789. The predicted molar refractivity (Wildman–Crippen MR) is 168 cm³/mol. The van der Waals surface area contributed by atoms with Crippen molar-refractivity contribution in [3.63, 3.8) is 0 Å². The molecule has 0 aromatic heterocycles. The average molecular weight is 657 g/mol. The topological polar surface area (TPSA) is 115 Å². The van der Waals surface area contributed by atoms with Crippen LogP contribution in [0.5, 0.6) is 0 Å². The quantitative estimate of drug-likeness (QED) is 0.0728. The molecule has 1 heterocycles. The summed E-state index contributed by atoms with van der Waals surface area (Å²) in [7, 11) is -5.01. The third-order valence-electron chi connectivity index (χ3n) is 7.14. The number of Topliss-reactive ketones (excluding diaryl/α,β-unsaturated/α-hetero) is 1. The van der Waals surface area contributed by atoms with Crippen molar-refractivity contribution < 1.29 is 74.0 Å². The Kier molecular flexibility index (Phi) is 19.5. The van der Waals surface area contributed by atoms with Crippen molar-refractivity contribution in [2.75, 3.05) is 11.6 Å². The summed E-state index contributed by atoms with van der Waals surface area (Å²) in [6.45, 7) is 2.61. The molecule has 0 bridgehead atoms. The second-order valence-electron chi connectivity index (χ2n) is 10.6. The molecular formula is C31H45KN4O5S2. The minimum absolute atomic E-state index is 0. The maximum absolute atomic E-state index is 13.1. The van der Waals surface area contributed by atoms with Crippen molar-refractivity contribution in [2.24, 2.45) is 10.4 Å². The fraction of sp³-hybridized carbons (Fsp3) is 0.581. The minimum Gasteiger partial charge on any atom is -0.747 e. The number of nitrogens with zero attached hydrogens (tertiary/aromatic N) is 4. The van der Waals surface area contributed by atoms with Gasteiger partial charge >= 0.3 is 51.4 Å². The molecule has 3 rings (SSSR count). The molecule has 0 radical (unpaired) electrons. The van der Waals surface area contributed by atoms with Crippen LogP contribution in [0.4, 0.5) is 5.69 Å². The van der Waals surface area contributed by atoms with Crippen molar-refractivity contribution in [3.8, 4) is 0 Å². The second kappa shape index (κ2) is 21.8. The van der Waals surface area contributed by atoms with Crippen LogP contribution in [0.2, 0.25) is 0 Å². The number of hydrogen-bond donors (Lipinski definition) is 0. The Morgan fingerprint density at radius 2 is 1.30 bits per heavy atom. The van der Waals surface area contributed by atoms with Gasteiger partial charge in [0.2, 0.25) is 5.50 Å². The summed E-state index contributed by atoms with van der Waals surface area (Å²) < 4.78 is 34.9. The largest absolute Gasteiger partial charge is 1.00 e. The van der Waals surface area contributed by atoms with Crippen molar-refractivity contribution >= 4 is 33.4 Å². The van der Waals surface area contributed by atoms with Crippen LogP contribution in [0.15, 0.2) is 71.1 Å². The number of para-hydroxylation sites is 1. The maximum atomic E-state index is 13.1.